The zero-order valence-corrected chi connectivity index (χ0v) is 13.7. The summed E-state index contributed by atoms with van der Waals surface area (Å²) in [4.78, 5) is 12.1. The molecule has 4 nitrogen and oxygen atoms in total. The van der Waals surface area contributed by atoms with E-state index < -0.39 is 0 Å². The van der Waals surface area contributed by atoms with E-state index in [4.69, 9.17) is 4.74 Å². The molecule has 0 spiro atoms. The van der Waals surface area contributed by atoms with Gasteiger partial charge in [0.2, 0.25) is 0 Å². The first-order valence-electron chi connectivity index (χ1n) is 6.51. The van der Waals surface area contributed by atoms with E-state index >= 15 is 0 Å². The average Bonchev–Trinajstić information content (AvgIpc) is 2.50. The molecule has 0 saturated carbocycles. The highest BCUT2D eigenvalue weighted by molar-refractivity contribution is 14.1. The van der Waals surface area contributed by atoms with Gasteiger partial charge in [-0.05, 0) is 59.3 Å². The van der Waals surface area contributed by atoms with E-state index in [-0.39, 0.29) is 5.91 Å². The Labute approximate surface area is 137 Å². The number of halogens is 1. The monoisotopic (exact) mass is 394 g/mol. The van der Waals surface area contributed by atoms with Crippen LogP contribution in [0.2, 0.25) is 0 Å². The lowest BCUT2D eigenvalue weighted by molar-refractivity contribution is 0.0951. The first-order valence-corrected chi connectivity index (χ1v) is 7.59. The van der Waals surface area contributed by atoms with Crippen molar-refractivity contribution in [3.63, 3.8) is 0 Å². The summed E-state index contributed by atoms with van der Waals surface area (Å²) in [5.74, 6) is 0.266. The SMILES string of the molecule is CCOc1ccccc1C(=O)NN=Cc1ccc(I)cc1. The van der Waals surface area contributed by atoms with Crippen LogP contribution in [0.25, 0.3) is 0 Å². The lowest BCUT2D eigenvalue weighted by Crippen LogP contribution is -2.18. The number of para-hydroxylation sites is 1. The predicted octanol–water partition coefficient (Wildman–Crippen LogP) is 3.45. The molecule has 21 heavy (non-hydrogen) atoms. The van der Waals surface area contributed by atoms with Gasteiger partial charge in [0.15, 0.2) is 0 Å². The standard InChI is InChI=1S/C16H15IN2O2/c1-2-21-15-6-4-3-5-14(15)16(20)19-18-11-12-7-9-13(17)10-8-12/h3-11H,2H2,1H3,(H,19,20). The third-order valence-electron chi connectivity index (χ3n) is 2.68. The minimum atomic E-state index is -0.291. The van der Waals surface area contributed by atoms with Gasteiger partial charge in [0.25, 0.3) is 5.91 Å². The van der Waals surface area contributed by atoms with Crippen molar-refractivity contribution in [2.24, 2.45) is 5.10 Å². The molecular formula is C16H15IN2O2. The second-order valence-electron chi connectivity index (χ2n) is 4.18. The number of hydrazone groups is 1. The highest BCUT2D eigenvalue weighted by Gasteiger charge is 2.10. The van der Waals surface area contributed by atoms with E-state index in [9.17, 15) is 4.79 Å². The normalized spacial score (nSPS) is 10.6. The summed E-state index contributed by atoms with van der Waals surface area (Å²) >= 11 is 2.24. The summed E-state index contributed by atoms with van der Waals surface area (Å²) in [7, 11) is 0. The van der Waals surface area contributed by atoms with Crippen LogP contribution in [-0.2, 0) is 0 Å². The maximum atomic E-state index is 12.1. The molecular weight excluding hydrogens is 379 g/mol. The van der Waals surface area contributed by atoms with Crippen LogP contribution < -0.4 is 10.2 Å². The molecule has 0 aliphatic rings. The second kappa shape index (κ2) is 7.78. The van der Waals surface area contributed by atoms with Crippen molar-refractivity contribution < 1.29 is 9.53 Å². The number of nitrogens with one attached hydrogen (secondary N) is 1. The minimum Gasteiger partial charge on any atom is -0.493 e. The number of hydrogen-bond donors (Lipinski definition) is 1. The highest BCUT2D eigenvalue weighted by Crippen LogP contribution is 2.17. The van der Waals surface area contributed by atoms with Gasteiger partial charge >= 0.3 is 0 Å². The summed E-state index contributed by atoms with van der Waals surface area (Å²) in [6, 6.07) is 14.9. The number of benzene rings is 2. The van der Waals surface area contributed by atoms with Gasteiger partial charge in [-0.25, -0.2) is 5.43 Å². The number of carbonyl (C=O) groups is 1. The Morgan fingerprint density at radius 2 is 1.95 bits per heavy atom. The maximum absolute atomic E-state index is 12.1. The molecule has 5 heteroatoms. The first kappa shape index (κ1) is 15.5. The fraction of sp³-hybridized carbons (Fsp3) is 0.125. The van der Waals surface area contributed by atoms with Crippen molar-refractivity contribution in [2.75, 3.05) is 6.61 Å². The van der Waals surface area contributed by atoms with Crippen molar-refractivity contribution in [2.45, 2.75) is 6.92 Å². The number of hydrogen-bond acceptors (Lipinski definition) is 3. The lowest BCUT2D eigenvalue weighted by Gasteiger charge is -2.08. The molecule has 2 aromatic rings. The smallest absolute Gasteiger partial charge is 0.275 e. The number of amides is 1. The van der Waals surface area contributed by atoms with E-state index in [1.54, 1.807) is 24.4 Å². The Kier molecular flexibility index (Phi) is 5.74. The van der Waals surface area contributed by atoms with E-state index in [1.165, 1.54) is 0 Å². The summed E-state index contributed by atoms with van der Waals surface area (Å²) in [6.45, 7) is 2.39. The van der Waals surface area contributed by atoms with Gasteiger partial charge in [0.1, 0.15) is 5.75 Å². The van der Waals surface area contributed by atoms with Crippen LogP contribution in [0.3, 0.4) is 0 Å². The number of carbonyl (C=O) groups excluding carboxylic acids is 1. The van der Waals surface area contributed by atoms with Crippen LogP contribution in [0.5, 0.6) is 5.75 Å². The van der Waals surface area contributed by atoms with Gasteiger partial charge in [0, 0.05) is 3.57 Å². The van der Waals surface area contributed by atoms with Crippen molar-refractivity contribution in [1.82, 2.24) is 5.43 Å². The van der Waals surface area contributed by atoms with E-state index in [0.717, 1.165) is 9.13 Å². The van der Waals surface area contributed by atoms with E-state index in [2.05, 4.69) is 33.1 Å². The summed E-state index contributed by atoms with van der Waals surface area (Å²) in [5, 5.41) is 3.97. The number of rotatable bonds is 5. The van der Waals surface area contributed by atoms with Crippen LogP contribution in [0.1, 0.15) is 22.8 Å². The molecule has 0 aromatic heterocycles. The quantitative estimate of drug-likeness (QED) is 0.480. The van der Waals surface area contributed by atoms with Gasteiger partial charge in [-0.3, -0.25) is 4.79 Å². The predicted molar refractivity (Wildman–Crippen MR) is 91.8 cm³/mol. The lowest BCUT2D eigenvalue weighted by atomic mass is 10.2. The van der Waals surface area contributed by atoms with Crippen LogP contribution in [0.15, 0.2) is 53.6 Å². The third-order valence-corrected chi connectivity index (χ3v) is 3.40. The van der Waals surface area contributed by atoms with E-state index in [0.29, 0.717) is 17.9 Å². The van der Waals surface area contributed by atoms with Crippen molar-refractivity contribution in [1.29, 1.82) is 0 Å². The molecule has 0 aliphatic heterocycles. The average molecular weight is 394 g/mol. The molecule has 2 aromatic carbocycles. The van der Waals surface area contributed by atoms with Gasteiger partial charge in [0.05, 0.1) is 18.4 Å². The molecule has 0 fully saturated rings. The summed E-state index contributed by atoms with van der Waals surface area (Å²) in [6.07, 6.45) is 1.61. The summed E-state index contributed by atoms with van der Waals surface area (Å²) in [5.41, 5.74) is 3.91. The molecule has 0 saturated heterocycles. The molecule has 0 bridgehead atoms. The maximum Gasteiger partial charge on any atom is 0.275 e. The zero-order valence-electron chi connectivity index (χ0n) is 11.5. The Bertz CT molecular complexity index is 639. The molecule has 2 rings (SSSR count). The Morgan fingerprint density at radius 3 is 2.67 bits per heavy atom. The molecule has 0 aliphatic carbocycles. The molecule has 108 valence electrons. The molecule has 0 radical (unpaired) electrons. The van der Waals surface area contributed by atoms with Crippen molar-refractivity contribution in [3.8, 4) is 5.75 Å². The third kappa shape index (κ3) is 4.56. The van der Waals surface area contributed by atoms with Crippen LogP contribution in [0, 0.1) is 3.57 Å². The number of nitrogens with zero attached hydrogens (tertiary/aromatic N) is 1. The van der Waals surface area contributed by atoms with Gasteiger partial charge in [-0.15, -0.1) is 0 Å². The fourth-order valence-electron chi connectivity index (χ4n) is 1.71. The Hall–Kier alpha value is -1.89. The van der Waals surface area contributed by atoms with Crippen LogP contribution in [0.4, 0.5) is 0 Å². The Morgan fingerprint density at radius 1 is 1.24 bits per heavy atom. The molecule has 0 heterocycles. The number of ether oxygens (including phenoxy) is 1. The van der Waals surface area contributed by atoms with Crippen molar-refractivity contribution >= 4 is 34.7 Å². The topological polar surface area (TPSA) is 50.7 Å². The van der Waals surface area contributed by atoms with Crippen LogP contribution >= 0.6 is 22.6 Å². The molecule has 1 amide bonds. The zero-order chi connectivity index (χ0) is 15.1. The van der Waals surface area contributed by atoms with Crippen LogP contribution in [-0.4, -0.2) is 18.7 Å². The summed E-state index contributed by atoms with van der Waals surface area (Å²) < 4.78 is 6.57. The van der Waals surface area contributed by atoms with E-state index in [1.807, 2.05) is 37.3 Å². The van der Waals surface area contributed by atoms with Gasteiger partial charge < -0.3 is 4.74 Å². The Balaban J connectivity index is 2.03. The second-order valence-corrected chi connectivity index (χ2v) is 5.43. The molecule has 0 atom stereocenters. The minimum absolute atomic E-state index is 0.291. The highest BCUT2D eigenvalue weighted by atomic mass is 127. The first-order chi connectivity index (χ1) is 10.2. The molecule has 1 N–H and O–H groups in total. The molecule has 0 unspecified atom stereocenters. The van der Waals surface area contributed by atoms with Gasteiger partial charge in [-0.1, -0.05) is 24.3 Å². The van der Waals surface area contributed by atoms with Gasteiger partial charge in [-0.2, -0.15) is 5.10 Å². The van der Waals surface area contributed by atoms with Crippen molar-refractivity contribution in [3.05, 3.63) is 63.2 Å². The fourth-order valence-corrected chi connectivity index (χ4v) is 2.07. The largest absolute Gasteiger partial charge is 0.493 e.